The van der Waals surface area contributed by atoms with Gasteiger partial charge in [-0.05, 0) is 30.7 Å². The van der Waals surface area contributed by atoms with E-state index in [1.54, 1.807) is 6.07 Å². The van der Waals surface area contributed by atoms with Crippen LogP contribution in [0.25, 0.3) is 11.0 Å². The zero-order chi connectivity index (χ0) is 22.5. The molecular weight excluding hydrogens is 410 g/mol. The topological polar surface area (TPSA) is 115 Å². The lowest BCUT2D eigenvalue weighted by atomic mass is 10.1. The van der Waals surface area contributed by atoms with Gasteiger partial charge in [-0.25, -0.2) is 10.4 Å². The first-order valence-corrected chi connectivity index (χ1v) is 9.82. The molecule has 0 spiro atoms. The number of para-hydroxylation sites is 2. The molecule has 1 aromatic heterocycles. The number of aryl methyl sites for hydroxylation is 1. The third kappa shape index (κ3) is 4.67. The largest absolute Gasteiger partial charge is 0.493 e. The van der Waals surface area contributed by atoms with Gasteiger partial charge in [0, 0.05) is 11.6 Å². The number of benzene rings is 3. The van der Waals surface area contributed by atoms with Crippen LogP contribution in [-0.2, 0) is 6.61 Å². The van der Waals surface area contributed by atoms with E-state index in [1.807, 2.05) is 55.5 Å². The molecule has 0 amide bonds. The molecule has 162 valence electrons. The molecule has 0 saturated heterocycles. The van der Waals surface area contributed by atoms with Crippen LogP contribution in [0, 0.1) is 17.0 Å². The SMILES string of the molecule is COc1cc(/C=N\Nc2nc3ccccc3[nH]2)cc([N+](=O)[O-])c1OCc1cccc(C)c1. The van der Waals surface area contributed by atoms with Crippen LogP contribution in [0.4, 0.5) is 11.6 Å². The van der Waals surface area contributed by atoms with Crippen LogP contribution in [0.15, 0.2) is 65.8 Å². The first-order chi connectivity index (χ1) is 15.5. The lowest BCUT2D eigenvalue weighted by Crippen LogP contribution is -2.03. The summed E-state index contributed by atoms with van der Waals surface area (Å²) in [5.74, 6) is 0.778. The summed E-state index contributed by atoms with van der Waals surface area (Å²) in [5, 5.41) is 15.8. The fraction of sp³-hybridized carbons (Fsp3) is 0.130. The summed E-state index contributed by atoms with van der Waals surface area (Å²) in [6.07, 6.45) is 1.45. The predicted octanol–water partition coefficient (Wildman–Crippen LogP) is 4.81. The molecule has 0 fully saturated rings. The van der Waals surface area contributed by atoms with Crippen LogP contribution in [0.5, 0.6) is 11.5 Å². The van der Waals surface area contributed by atoms with Crippen molar-refractivity contribution in [3.05, 3.63) is 87.5 Å². The molecule has 0 unspecified atom stereocenters. The predicted molar refractivity (Wildman–Crippen MR) is 122 cm³/mol. The third-order valence-electron chi connectivity index (χ3n) is 4.71. The van der Waals surface area contributed by atoms with Gasteiger partial charge in [-0.2, -0.15) is 5.10 Å². The van der Waals surface area contributed by atoms with Crippen LogP contribution in [0.2, 0.25) is 0 Å². The Kier molecular flexibility index (Phi) is 5.98. The number of methoxy groups -OCH3 is 1. The number of hydrogen-bond acceptors (Lipinski definition) is 7. The average Bonchev–Trinajstić information content (AvgIpc) is 3.20. The van der Waals surface area contributed by atoms with Crippen LogP contribution < -0.4 is 14.9 Å². The highest BCUT2D eigenvalue weighted by molar-refractivity contribution is 5.84. The Labute approximate surface area is 183 Å². The maximum Gasteiger partial charge on any atom is 0.315 e. The summed E-state index contributed by atoms with van der Waals surface area (Å²) in [7, 11) is 1.44. The molecule has 0 bridgehead atoms. The van der Waals surface area contributed by atoms with Crippen molar-refractivity contribution in [1.82, 2.24) is 9.97 Å². The number of fused-ring (bicyclic) bond motifs is 1. The third-order valence-corrected chi connectivity index (χ3v) is 4.71. The monoisotopic (exact) mass is 431 g/mol. The zero-order valence-electron chi connectivity index (χ0n) is 17.5. The number of hydrazone groups is 1. The van der Waals surface area contributed by atoms with E-state index in [1.165, 1.54) is 19.4 Å². The smallest absolute Gasteiger partial charge is 0.315 e. The summed E-state index contributed by atoms with van der Waals surface area (Å²) in [6.45, 7) is 2.15. The summed E-state index contributed by atoms with van der Waals surface area (Å²) < 4.78 is 11.1. The van der Waals surface area contributed by atoms with Gasteiger partial charge >= 0.3 is 5.69 Å². The Bertz CT molecular complexity index is 1270. The minimum absolute atomic E-state index is 0.0707. The molecule has 0 aliphatic heterocycles. The van der Waals surface area contributed by atoms with Crippen molar-refractivity contribution in [1.29, 1.82) is 0 Å². The molecule has 9 heteroatoms. The van der Waals surface area contributed by atoms with Gasteiger partial charge in [-0.15, -0.1) is 0 Å². The van der Waals surface area contributed by atoms with Crippen molar-refractivity contribution in [2.24, 2.45) is 5.10 Å². The highest BCUT2D eigenvalue weighted by atomic mass is 16.6. The van der Waals surface area contributed by atoms with Crippen LogP contribution in [0.3, 0.4) is 0 Å². The van der Waals surface area contributed by atoms with Gasteiger partial charge < -0.3 is 14.5 Å². The number of anilines is 1. The first-order valence-electron chi connectivity index (χ1n) is 9.82. The molecule has 4 aromatic rings. The average molecular weight is 431 g/mol. The van der Waals surface area contributed by atoms with Gasteiger partial charge in [0.25, 0.3) is 0 Å². The highest BCUT2D eigenvalue weighted by Crippen LogP contribution is 2.38. The van der Waals surface area contributed by atoms with Gasteiger partial charge in [0.15, 0.2) is 5.75 Å². The van der Waals surface area contributed by atoms with Gasteiger partial charge in [-0.3, -0.25) is 10.1 Å². The number of ether oxygens (including phenoxy) is 2. The maximum absolute atomic E-state index is 11.7. The summed E-state index contributed by atoms with van der Waals surface area (Å²) in [4.78, 5) is 18.6. The van der Waals surface area contributed by atoms with E-state index in [9.17, 15) is 10.1 Å². The highest BCUT2D eigenvalue weighted by Gasteiger charge is 2.22. The number of nitrogens with zero attached hydrogens (tertiary/aromatic N) is 3. The van der Waals surface area contributed by atoms with Crippen LogP contribution >= 0.6 is 0 Å². The van der Waals surface area contributed by atoms with Gasteiger partial charge in [0.05, 0.1) is 29.3 Å². The van der Waals surface area contributed by atoms with Crippen LogP contribution in [0.1, 0.15) is 16.7 Å². The van der Waals surface area contributed by atoms with E-state index < -0.39 is 4.92 Å². The Morgan fingerprint density at radius 3 is 2.78 bits per heavy atom. The molecule has 4 rings (SSSR count). The summed E-state index contributed by atoms with van der Waals surface area (Å²) >= 11 is 0. The number of nitro benzene ring substituents is 1. The van der Waals surface area contributed by atoms with Crippen molar-refractivity contribution in [2.75, 3.05) is 12.5 Å². The Morgan fingerprint density at radius 1 is 1.19 bits per heavy atom. The number of rotatable bonds is 8. The van der Waals surface area contributed by atoms with E-state index in [-0.39, 0.29) is 23.8 Å². The number of imidazole rings is 1. The Hall–Kier alpha value is -4.40. The van der Waals surface area contributed by atoms with E-state index in [0.29, 0.717) is 11.5 Å². The van der Waals surface area contributed by atoms with Crippen molar-refractivity contribution in [2.45, 2.75) is 13.5 Å². The van der Waals surface area contributed by atoms with Crippen LogP contribution in [-0.4, -0.2) is 28.2 Å². The first kappa shape index (κ1) is 20.9. The molecule has 9 nitrogen and oxygen atoms in total. The van der Waals surface area contributed by atoms with E-state index in [4.69, 9.17) is 9.47 Å². The van der Waals surface area contributed by atoms with Gasteiger partial charge in [-0.1, -0.05) is 42.0 Å². The number of nitro groups is 1. The fourth-order valence-electron chi connectivity index (χ4n) is 3.25. The molecule has 0 saturated carbocycles. The second-order valence-electron chi connectivity index (χ2n) is 7.08. The number of aromatic nitrogens is 2. The molecule has 3 aromatic carbocycles. The zero-order valence-corrected chi connectivity index (χ0v) is 17.5. The normalized spacial score (nSPS) is 11.1. The number of nitrogens with one attached hydrogen (secondary N) is 2. The molecule has 1 heterocycles. The Morgan fingerprint density at radius 2 is 2.03 bits per heavy atom. The minimum atomic E-state index is -0.502. The fourth-order valence-corrected chi connectivity index (χ4v) is 3.25. The van der Waals surface area contributed by atoms with E-state index in [0.717, 1.165) is 22.2 Å². The second-order valence-corrected chi connectivity index (χ2v) is 7.08. The number of H-pyrrole nitrogens is 1. The quantitative estimate of drug-likeness (QED) is 0.235. The molecule has 32 heavy (non-hydrogen) atoms. The van der Waals surface area contributed by atoms with E-state index in [2.05, 4.69) is 20.5 Å². The lowest BCUT2D eigenvalue weighted by Gasteiger charge is -2.12. The second kappa shape index (κ2) is 9.17. The van der Waals surface area contributed by atoms with Crippen molar-refractivity contribution < 1.29 is 14.4 Å². The van der Waals surface area contributed by atoms with E-state index >= 15 is 0 Å². The van der Waals surface area contributed by atoms with Crippen molar-refractivity contribution in [3.8, 4) is 11.5 Å². The number of hydrogen-bond donors (Lipinski definition) is 2. The molecular formula is C23H21N5O4. The Balaban J connectivity index is 1.55. The van der Waals surface area contributed by atoms with Gasteiger partial charge in [0.1, 0.15) is 6.61 Å². The minimum Gasteiger partial charge on any atom is -0.493 e. The molecule has 0 atom stereocenters. The lowest BCUT2D eigenvalue weighted by molar-refractivity contribution is -0.386. The number of aromatic amines is 1. The van der Waals surface area contributed by atoms with Crippen molar-refractivity contribution in [3.63, 3.8) is 0 Å². The molecule has 0 radical (unpaired) electrons. The summed E-state index contributed by atoms with van der Waals surface area (Å²) in [5.41, 5.74) is 6.72. The molecule has 0 aliphatic carbocycles. The van der Waals surface area contributed by atoms with Gasteiger partial charge in [0.2, 0.25) is 11.7 Å². The maximum atomic E-state index is 11.7. The molecule has 2 N–H and O–H groups in total. The summed E-state index contributed by atoms with van der Waals surface area (Å²) in [6, 6.07) is 18.3. The molecule has 0 aliphatic rings. The van der Waals surface area contributed by atoms with Crippen molar-refractivity contribution >= 4 is 28.9 Å². The standard InChI is InChI=1S/C23H21N5O4/c1-15-6-5-7-16(10-15)14-32-22-20(28(29)30)11-17(12-21(22)31-2)13-24-27-23-25-18-8-3-4-9-19(18)26-23/h3-13H,14H2,1-2H3,(H2,25,26,27)/b24-13-.